The minimum Gasteiger partial charge on any atom is -0.496 e. The highest BCUT2D eigenvalue weighted by Crippen LogP contribution is 2.35. The van der Waals surface area contributed by atoms with Crippen LogP contribution in [0, 0.1) is 6.92 Å². The molecule has 0 aliphatic carbocycles. The van der Waals surface area contributed by atoms with Crippen molar-refractivity contribution in [3.8, 4) is 17.1 Å². The molecule has 2 aromatic carbocycles. The van der Waals surface area contributed by atoms with E-state index in [1.54, 1.807) is 57.2 Å². The Hall–Kier alpha value is -4.70. The van der Waals surface area contributed by atoms with Crippen molar-refractivity contribution in [2.45, 2.75) is 26.8 Å². The molecule has 0 fully saturated rings. The summed E-state index contributed by atoms with van der Waals surface area (Å²) in [5.41, 5.74) is 2.41. The van der Waals surface area contributed by atoms with Crippen molar-refractivity contribution >= 4 is 29.4 Å². The summed E-state index contributed by atoms with van der Waals surface area (Å²) in [5.74, 6) is -0.159. The van der Waals surface area contributed by atoms with Gasteiger partial charge in [-0.05, 0) is 50.6 Å². The maximum Gasteiger partial charge on any atom is 0.338 e. The molecule has 1 aliphatic rings. The van der Waals surface area contributed by atoms with Crippen LogP contribution >= 0.6 is 11.3 Å². The fourth-order valence-electron chi connectivity index (χ4n) is 4.82. The largest absolute Gasteiger partial charge is 0.496 e. The second kappa shape index (κ2) is 10.8. The normalized spacial score (nSPS) is 15.0. The van der Waals surface area contributed by atoms with Crippen LogP contribution in [0.1, 0.15) is 47.1 Å². The molecule has 2 aromatic heterocycles. The number of benzene rings is 2. The van der Waals surface area contributed by atoms with Crippen LogP contribution in [0.5, 0.6) is 5.75 Å². The lowest BCUT2D eigenvalue weighted by Crippen LogP contribution is -2.40. The Bertz CT molecular complexity index is 1860. The molecule has 0 bridgehead atoms. The summed E-state index contributed by atoms with van der Waals surface area (Å²) < 4.78 is 18.8. The van der Waals surface area contributed by atoms with Crippen LogP contribution in [0.25, 0.3) is 17.4 Å². The first-order valence-electron chi connectivity index (χ1n) is 12.5. The van der Waals surface area contributed by atoms with Crippen LogP contribution in [0.3, 0.4) is 0 Å². The molecule has 40 heavy (non-hydrogen) atoms. The van der Waals surface area contributed by atoms with Gasteiger partial charge in [0, 0.05) is 17.2 Å². The standard InChI is InChI=1S/C30H26N2O7S/c1-5-38-29(36)25-17(3)31-30-32(26(25)21-9-6-7-12-22(21)37-4)27(33)24(40-30)15-18-13-14-23(39-18)19-10-8-11-20(16(19)2)28(34)35/h6-15,26H,5H2,1-4H3,(H,34,35). The van der Waals surface area contributed by atoms with Gasteiger partial charge in [0.25, 0.3) is 5.56 Å². The summed E-state index contributed by atoms with van der Waals surface area (Å²) in [6.45, 7) is 5.34. The number of carboxylic acids is 1. The summed E-state index contributed by atoms with van der Waals surface area (Å²) in [7, 11) is 1.53. The molecule has 9 nitrogen and oxygen atoms in total. The lowest BCUT2D eigenvalue weighted by molar-refractivity contribution is -0.139. The first kappa shape index (κ1) is 26.9. The highest BCUT2D eigenvalue weighted by atomic mass is 32.1. The maximum absolute atomic E-state index is 13.8. The molecule has 0 saturated heterocycles. The third-order valence-electron chi connectivity index (χ3n) is 6.68. The maximum atomic E-state index is 13.8. The third kappa shape index (κ3) is 4.66. The quantitative estimate of drug-likeness (QED) is 0.340. The highest BCUT2D eigenvalue weighted by Gasteiger charge is 2.35. The summed E-state index contributed by atoms with van der Waals surface area (Å²) >= 11 is 1.18. The van der Waals surface area contributed by atoms with Crippen LogP contribution in [0.2, 0.25) is 0 Å². The fraction of sp³-hybridized carbons (Fsp3) is 0.200. The molecule has 1 atom stereocenters. The number of aromatic nitrogens is 1. The SMILES string of the molecule is CCOC(=O)C1=C(C)N=c2sc(=Cc3ccc(-c4cccc(C(=O)O)c4C)o3)c(=O)n2C1c1ccccc1OC. The number of carbonyl (C=O) groups excluding carboxylic acids is 1. The summed E-state index contributed by atoms with van der Waals surface area (Å²) in [6, 6.07) is 14.8. The summed E-state index contributed by atoms with van der Waals surface area (Å²) in [4.78, 5) is 43.5. The van der Waals surface area contributed by atoms with Gasteiger partial charge in [-0.15, -0.1) is 0 Å². The molecule has 3 heterocycles. The molecule has 0 spiro atoms. The second-order valence-electron chi connectivity index (χ2n) is 9.03. The van der Waals surface area contributed by atoms with E-state index in [-0.39, 0.29) is 23.3 Å². The van der Waals surface area contributed by atoms with E-state index in [4.69, 9.17) is 13.9 Å². The number of para-hydroxylation sites is 1. The number of aromatic carboxylic acids is 1. The van der Waals surface area contributed by atoms with E-state index >= 15 is 0 Å². The average molecular weight is 559 g/mol. The molecule has 204 valence electrons. The number of nitrogens with zero attached hydrogens (tertiary/aromatic N) is 2. The molecule has 10 heteroatoms. The third-order valence-corrected chi connectivity index (χ3v) is 7.66. The minimum absolute atomic E-state index is 0.175. The van der Waals surface area contributed by atoms with Crippen LogP contribution < -0.4 is 19.6 Å². The monoisotopic (exact) mass is 558 g/mol. The smallest absolute Gasteiger partial charge is 0.338 e. The highest BCUT2D eigenvalue weighted by molar-refractivity contribution is 7.07. The van der Waals surface area contributed by atoms with E-state index in [9.17, 15) is 19.5 Å². The Morgan fingerprint density at radius 3 is 2.62 bits per heavy atom. The number of carboxylic acid groups (broad SMARTS) is 1. The Morgan fingerprint density at radius 1 is 1.12 bits per heavy atom. The van der Waals surface area contributed by atoms with Crippen molar-refractivity contribution < 1.29 is 28.6 Å². The van der Waals surface area contributed by atoms with Crippen molar-refractivity contribution in [2.75, 3.05) is 13.7 Å². The number of fused-ring (bicyclic) bond motifs is 1. The molecule has 0 saturated carbocycles. The van der Waals surface area contributed by atoms with Gasteiger partial charge in [0.15, 0.2) is 4.80 Å². The molecular formula is C30H26N2O7S. The first-order valence-corrected chi connectivity index (χ1v) is 13.3. The van der Waals surface area contributed by atoms with E-state index in [0.29, 0.717) is 49.0 Å². The number of allylic oxidation sites excluding steroid dienone is 1. The molecule has 1 unspecified atom stereocenters. The number of furan rings is 1. The van der Waals surface area contributed by atoms with Gasteiger partial charge in [-0.25, -0.2) is 14.6 Å². The van der Waals surface area contributed by atoms with Crippen molar-refractivity contribution in [3.63, 3.8) is 0 Å². The van der Waals surface area contributed by atoms with Crippen molar-refractivity contribution in [1.29, 1.82) is 0 Å². The van der Waals surface area contributed by atoms with Gasteiger partial charge >= 0.3 is 11.9 Å². The number of rotatable bonds is 7. The van der Waals surface area contributed by atoms with E-state index in [1.807, 2.05) is 18.2 Å². The number of hydrogen-bond donors (Lipinski definition) is 1. The zero-order valence-corrected chi connectivity index (χ0v) is 23.1. The number of carbonyl (C=O) groups is 2. The van der Waals surface area contributed by atoms with Crippen molar-refractivity contribution in [2.24, 2.45) is 4.99 Å². The Labute approximate surface area is 232 Å². The average Bonchev–Trinajstić information content (AvgIpc) is 3.52. The lowest BCUT2D eigenvalue weighted by atomic mass is 9.95. The first-order chi connectivity index (χ1) is 19.2. The van der Waals surface area contributed by atoms with E-state index in [0.717, 1.165) is 0 Å². The lowest BCUT2D eigenvalue weighted by Gasteiger charge is -2.25. The fourth-order valence-corrected chi connectivity index (χ4v) is 5.84. The van der Waals surface area contributed by atoms with Gasteiger partial charge in [-0.2, -0.15) is 0 Å². The number of hydrogen-bond acceptors (Lipinski definition) is 8. The molecule has 1 aliphatic heterocycles. The van der Waals surface area contributed by atoms with Crippen LogP contribution in [0.15, 0.2) is 80.1 Å². The number of methoxy groups -OCH3 is 1. The van der Waals surface area contributed by atoms with Gasteiger partial charge in [0.2, 0.25) is 0 Å². The van der Waals surface area contributed by atoms with E-state index in [1.165, 1.54) is 29.1 Å². The predicted molar refractivity (Wildman–Crippen MR) is 149 cm³/mol. The van der Waals surface area contributed by atoms with Crippen LogP contribution in [-0.4, -0.2) is 35.3 Å². The molecule has 0 amide bonds. The molecular weight excluding hydrogens is 532 g/mol. The topological polar surface area (TPSA) is 120 Å². The number of esters is 1. The van der Waals surface area contributed by atoms with Crippen LogP contribution in [-0.2, 0) is 9.53 Å². The molecule has 5 rings (SSSR count). The Kier molecular flexibility index (Phi) is 7.27. The van der Waals surface area contributed by atoms with Gasteiger partial charge < -0.3 is 19.0 Å². The predicted octanol–water partition coefficient (Wildman–Crippen LogP) is 4.07. The van der Waals surface area contributed by atoms with E-state index in [2.05, 4.69) is 4.99 Å². The number of ether oxygens (including phenoxy) is 2. The molecule has 1 N–H and O–H groups in total. The van der Waals surface area contributed by atoms with Gasteiger partial charge in [0.05, 0.1) is 35.1 Å². The van der Waals surface area contributed by atoms with E-state index < -0.39 is 18.0 Å². The Balaban J connectivity index is 1.65. The molecule has 4 aromatic rings. The summed E-state index contributed by atoms with van der Waals surface area (Å²) in [5, 5.41) is 9.46. The second-order valence-corrected chi connectivity index (χ2v) is 10.0. The summed E-state index contributed by atoms with van der Waals surface area (Å²) in [6.07, 6.45) is 1.62. The van der Waals surface area contributed by atoms with Crippen LogP contribution in [0.4, 0.5) is 0 Å². The zero-order chi connectivity index (χ0) is 28.6. The van der Waals surface area contributed by atoms with Gasteiger partial charge in [0.1, 0.15) is 23.3 Å². The van der Waals surface area contributed by atoms with Gasteiger partial charge in [-0.1, -0.05) is 41.7 Å². The minimum atomic E-state index is -1.02. The Morgan fingerprint density at radius 2 is 1.90 bits per heavy atom. The number of thiazole rings is 1. The van der Waals surface area contributed by atoms with Crippen molar-refractivity contribution in [3.05, 3.63) is 108 Å². The zero-order valence-electron chi connectivity index (χ0n) is 22.3. The van der Waals surface area contributed by atoms with Crippen molar-refractivity contribution in [1.82, 2.24) is 4.57 Å². The molecule has 0 radical (unpaired) electrons. The van der Waals surface area contributed by atoms with Gasteiger partial charge in [-0.3, -0.25) is 9.36 Å².